The van der Waals surface area contributed by atoms with E-state index in [0.717, 1.165) is 10.5 Å². The van der Waals surface area contributed by atoms with Crippen LogP contribution in [0.25, 0.3) is 6.08 Å². The number of nitrogens with one attached hydrogen (secondary N) is 1. The molecule has 0 spiro atoms. The van der Waals surface area contributed by atoms with Crippen molar-refractivity contribution in [3.63, 3.8) is 0 Å². The minimum Gasteiger partial charge on any atom is -0.492 e. The topological polar surface area (TPSA) is 84.9 Å². The molecule has 35 heavy (non-hydrogen) atoms. The zero-order valence-corrected chi connectivity index (χ0v) is 20.1. The molecule has 7 nitrogen and oxygen atoms in total. The van der Waals surface area contributed by atoms with Crippen LogP contribution in [0.2, 0.25) is 10.0 Å². The first-order valence-electron chi connectivity index (χ1n) is 10.7. The van der Waals surface area contributed by atoms with Crippen molar-refractivity contribution < 1.29 is 23.9 Å². The summed E-state index contributed by atoms with van der Waals surface area (Å²) >= 11 is 12.3. The Kier molecular flexibility index (Phi) is 7.39. The molecule has 4 rings (SSSR count). The minimum atomic E-state index is -0.857. The maximum Gasteiger partial charge on any atom is 0.335 e. The van der Waals surface area contributed by atoms with E-state index in [-0.39, 0.29) is 22.0 Å². The first kappa shape index (κ1) is 24.3. The molecule has 0 aromatic heterocycles. The number of ether oxygens (including phenoxy) is 2. The van der Waals surface area contributed by atoms with Crippen LogP contribution in [0, 0.1) is 0 Å². The van der Waals surface area contributed by atoms with Crippen molar-refractivity contribution in [2.24, 2.45) is 0 Å². The monoisotopic (exact) mass is 510 g/mol. The Labute approximate surface area is 211 Å². The molecule has 9 heteroatoms. The largest absolute Gasteiger partial charge is 0.492 e. The van der Waals surface area contributed by atoms with E-state index in [1.165, 1.54) is 18.2 Å². The summed E-state index contributed by atoms with van der Waals surface area (Å²) < 4.78 is 11.3. The van der Waals surface area contributed by atoms with E-state index in [0.29, 0.717) is 29.5 Å². The van der Waals surface area contributed by atoms with Crippen molar-refractivity contribution in [2.75, 3.05) is 11.5 Å². The molecule has 0 bridgehead atoms. The highest BCUT2D eigenvalue weighted by Crippen LogP contribution is 2.35. The number of anilines is 1. The van der Waals surface area contributed by atoms with Crippen molar-refractivity contribution in [1.29, 1.82) is 0 Å². The molecule has 0 atom stereocenters. The fourth-order valence-corrected chi connectivity index (χ4v) is 4.03. The van der Waals surface area contributed by atoms with E-state index >= 15 is 0 Å². The summed E-state index contributed by atoms with van der Waals surface area (Å²) in [6.45, 7) is 2.45. The molecule has 1 aliphatic rings. The lowest BCUT2D eigenvalue weighted by molar-refractivity contribution is -0.122. The van der Waals surface area contributed by atoms with E-state index in [1.54, 1.807) is 31.2 Å². The summed E-state index contributed by atoms with van der Waals surface area (Å²) in [5, 5.41) is 2.72. The normalized spacial score (nSPS) is 14.8. The lowest BCUT2D eigenvalue weighted by Crippen LogP contribution is -2.54. The molecule has 0 unspecified atom stereocenters. The number of imide groups is 2. The van der Waals surface area contributed by atoms with E-state index in [4.69, 9.17) is 32.7 Å². The Hall–Kier alpha value is -3.81. The maximum atomic E-state index is 13.2. The van der Waals surface area contributed by atoms with Crippen LogP contribution in [-0.2, 0) is 16.2 Å². The van der Waals surface area contributed by atoms with Gasteiger partial charge in [0.1, 0.15) is 23.7 Å². The van der Waals surface area contributed by atoms with Crippen LogP contribution in [0.15, 0.2) is 72.3 Å². The lowest BCUT2D eigenvalue weighted by atomic mass is 10.1. The molecule has 0 radical (unpaired) electrons. The smallest absolute Gasteiger partial charge is 0.335 e. The predicted molar refractivity (Wildman–Crippen MR) is 134 cm³/mol. The van der Waals surface area contributed by atoms with Gasteiger partial charge in [0.05, 0.1) is 17.3 Å². The van der Waals surface area contributed by atoms with Crippen molar-refractivity contribution in [3.8, 4) is 11.5 Å². The van der Waals surface area contributed by atoms with E-state index in [2.05, 4.69) is 5.32 Å². The van der Waals surface area contributed by atoms with Gasteiger partial charge in [0.2, 0.25) is 0 Å². The predicted octanol–water partition coefficient (Wildman–Crippen LogP) is 5.64. The Morgan fingerprint density at radius 1 is 0.943 bits per heavy atom. The Balaban J connectivity index is 1.60. The highest BCUT2D eigenvalue weighted by Gasteiger charge is 2.37. The lowest BCUT2D eigenvalue weighted by Gasteiger charge is -2.26. The van der Waals surface area contributed by atoms with Crippen LogP contribution in [0.3, 0.4) is 0 Å². The summed E-state index contributed by atoms with van der Waals surface area (Å²) in [6.07, 6.45) is 1.30. The van der Waals surface area contributed by atoms with E-state index in [9.17, 15) is 14.4 Å². The van der Waals surface area contributed by atoms with Gasteiger partial charge in [-0.25, -0.2) is 9.69 Å². The zero-order valence-electron chi connectivity index (χ0n) is 18.6. The molecular weight excluding hydrogens is 491 g/mol. The molecule has 1 saturated heterocycles. The number of amides is 4. The van der Waals surface area contributed by atoms with Gasteiger partial charge in [-0.05, 0) is 55.0 Å². The second-order valence-corrected chi connectivity index (χ2v) is 8.31. The molecular formula is C26H20Cl2N2O5. The van der Waals surface area contributed by atoms with Gasteiger partial charge in [0.25, 0.3) is 11.8 Å². The molecule has 4 amide bonds. The van der Waals surface area contributed by atoms with Gasteiger partial charge < -0.3 is 9.47 Å². The average molecular weight is 511 g/mol. The van der Waals surface area contributed by atoms with Gasteiger partial charge in [-0.2, -0.15) is 0 Å². The third-order valence-corrected chi connectivity index (χ3v) is 5.57. The number of nitrogens with zero attached hydrogens (tertiary/aromatic N) is 1. The number of carbonyl (C=O) groups is 3. The van der Waals surface area contributed by atoms with Crippen molar-refractivity contribution >= 4 is 52.8 Å². The molecule has 1 aliphatic heterocycles. The summed E-state index contributed by atoms with van der Waals surface area (Å²) in [7, 11) is 0. The first-order valence-corrected chi connectivity index (χ1v) is 11.4. The zero-order chi connectivity index (χ0) is 24.9. The molecule has 0 saturated carbocycles. The number of urea groups is 1. The Bertz CT molecular complexity index is 1310. The fourth-order valence-electron chi connectivity index (χ4n) is 3.46. The maximum absolute atomic E-state index is 13.2. The number of benzene rings is 3. The van der Waals surface area contributed by atoms with Crippen LogP contribution in [0.5, 0.6) is 11.5 Å². The Morgan fingerprint density at radius 3 is 2.34 bits per heavy atom. The second kappa shape index (κ2) is 10.6. The number of hydrogen-bond acceptors (Lipinski definition) is 5. The molecule has 1 N–H and O–H groups in total. The number of carbonyl (C=O) groups excluding carboxylic acids is 3. The minimum absolute atomic E-state index is 0.230. The molecule has 1 heterocycles. The van der Waals surface area contributed by atoms with Crippen LogP contribution in [-0.4, -0.2) is 24.5 Å². The summed E-state index contributed by atoms with van der Waals surface area (Å²) in [4.78, 5) is 39.2. The third-order valence-electron chi connectivity index (χ3n) is 5.07. The van der Waals surface area contributed by atoms with Crippen molar-refractivity contribution in [2.45, 2.75) is 13.5 Å². The van der Waals surface area contributed by atoms with Gasteiger partial charge in [0, 0.05) is 10.6 Å². The molecule has 3 aromatic carbocycles. The standard InChI is InChI=1S/C26H20Cl2N2O5/c1-2-34-23-17(12-18(27)14-22(23)28)13-21-24(31)29-26(33)30(25(21)32)19-8-10-20(11-9-19)35-15-16-6-4-3-5-7-16/h3-14H,2,15H2,1H3,(H,29,31,33)/b21-13+. The Morgan fingerprint density at radius 2 is 1.66 bits per heavy atom. The highest BCUT2D eigenvalue weighted by molar-refractivity contribution is 6.40. The van der Waals surface area contributed by atoms with Crippen molar-refractivity contribution in [1.82, 2.24) is 5.32 Å². The van der Waals surface area contributed by atoms with Gasteiger partial charge in [0.15, 0.2) is 0 Å². The highest BCUT2D eigenvalue weighted by atomic mass is 35.5. The van der Waals surface area contributed by atoms with Crippen LogP contribution >= 0.6 is 23.2 Å². The van der Waals surface area contributed by atoms with Gasteiger partial charge in [-0.15, -0.1) is 0 Å². The van der Waals surface area contributed by atoms with Gasteiger partial charge in [-0.1, -0.05) is 53.5 Å². The van der Waals surface area contributed by atoms with Crippen LogP contribution in [0.1, 0.15) is 18.1 Å². The van der Waals surface area contributed by atoms with E-state index in [1.807, 2.05) is 30.3 Å². The van der Waals surface area contributed by atoms with Crippen LogP contribution in [0.4, 0.5) is 10.5 Å². The second-order valence-electron chi connectivity index (χ2n) is 7.47. The van der Waals surface area contributed by atoms with Crippen LogP contribution < -0.4 is 19.7 Å². The quantitative estimate of drug-likeness (QED) is 0.328. The third kappa shape index (κ3) is 5.48. The van der Waals surface area contributed by atoms with Gasteiger partial charge >= 0.3 is 6.03 Å². The molecule has 3 aromatic rings. The molecule has 178 valence electrons. The number of rotatable bonds is 7. The number of hydrogen-bond donors (Lipinski definition) is 1. The van der Waals surface area contributed by atoms with Crippen molar-refractivity contribution in [3.05, 3.63) is 93.5 Å². The molecule has 1 fully saturated rings. The SMILES string of the molecule is CCOc1c(Cl)cc(Cl)cc1/C=C1\C(=O)NC(=O)N(c2ccc(OCc3ccccc3)cc2)C1=O. The number of barbiturate groups is 1. The summed E-state index contributed by atoms with van der Waals surface area (Å²) in [5.41, 5.74) is 1.34. The summed E-state index contributed by atoms with van der Waals surface area (Å²) in [6, 6.07) is 18.2. The molecule has 0 aliphatic carbocycles. The van der Waals surface area contributed by atoms with E-state index < -0.39 is 17.8 Å². The van der Waals surface area contributed by atoms with Gasteiger partial charge in [-0.3, -0.25) is 14.9 Å². The average Bonchev–Trinajstić information content (AvgIpc) is 2.84. The fraction of sp³-hybridized carbons (Fsp3) is 0.115. The summed E-state index contributed by atoms with van der Waals surface area (Å²) in [5.74, 6) is -0.799. The first-order chi connectivity index (χ1) is 16.9. The number of halogens is 2.